The van der Waals surface area contributed by atoms with Gasteiger partial charge in [0.1, 0.15) is 5.75 Å². The molecule has 0 saturated carbocycles. The second-order valence-electron chi connectivity index (χ2n) is 8.51. The topological polar surface area (TPSA) is 69.1 Å². The molecule has 2 aromatic rings. The van der Waals surface area contributed by atoms with Crippen LogP contribution in [-0.2, 0) is 19.5 Å². The predicted octanol–water partition coefficient (Wildman–Crippen LogP) is 3.88. The van der Waals surface area contributed by atoms with Crippen LogP contribution in [0, 0.1) is 6.92 Å². The van der Waals surface area contributed by atoms with Crippen LogP contribution in [0.25, 0.3) is 0 Å². The molecule has 1 heterocycles. The minimum atomic E-state index is -0.120. The van der Waals surface area contributed by atoms with Gasteiger partial charge in [0.25, 0.3) is 0 Å². The number of piperidine rings is 1. The highest BCUT2D eigenvalue weighted by molar-refractivity contribution is 14.0. The minimum Gasteiger partial charge on any atom is -0.496 e. The Balaban J connectivity index is 0.00000385. The lowest BCUT2D eigenvalue weighted by atomic mass is 10.1. The zero-order chi connectivity index (χ0) is 22.8. The molecular formula is C26H39IN4O2. The van der Waals surface area contributed by atoms with Crippen molar-refractivity contribution in [2.24, 2.45) is 4.99 Å². The van der Waals surface area contributed by atoms with Gasteiger partial charge >= 0.3 is 0 Å². The van der Waals surface area contributed by atoms with Gasteiger partial charge in [-0.1, -0.05) is 42.0 Å². The van der Waals surface area contributed by atoms with Crippen molar-refractivity contribution < 1.29 is 9.84 Å². The molecule has 1 fully saturated rings. The number of hydrogen-bond donors (Lipinski definition) is 3. The number of rotatable bonds is 9. The van der Waals surface area contributed by atoms with Gasteiger partial charge in [-0.2, -0.15) is 0 Å². The van der Waals surface area contributed by atoms with E-state index in [2.05, 4.69) is 65.8 Å². The first-order valence-corrected chi connectivity index (χ1v) is 11.7. The first-order chi connectivity index (χ1) is 15.6. The summed E-state index contributed by atoms with van der Waals surface area (Å²) in [5.41, 5.74) is 4.95. The molecule has 3 rings (SSSR count). The molecule has 3 N–H and O–H groups in total. The number of likely N-dealkylation sites (tertiary alicyclic amines) is 1. The first kappa shape index (κ1) is 27.4. The van der Waals surface area contributed by atoms with E-state index in [9.17, 15) is 5.11 Å². The molecule has 6 nitrogen and oxygen atoms in total. The third-order valence-electron chi connectivity index (χ3n) is 5.87. The third-order valence-corrected chi connectivity index (χ3v) is 5.87. The summed E-state index contributed by atoms with van der Waals surface area (Å²) < 4.78 is 5.49. The lowest BCUT2D eigenvalue weighted by Crippen LogP contribution is -2.38. The number of guanidine groups is 1. The molecule has 0 bridgehead atoms. The average molecular weight is 567 g/mol. The maximum absolute atomic E-state index is 9.66. The van der Waals surface area contributed by atoms with Crippen molar-refractivity contribution >= 4 is 29.9 Å². The van der Waals surface area contributed by atoms with Gasteiger partial charge in [-0.25, -0.2) is 4.99 Å². The van der Waals surface area contributed by atoms with Crippen LogP contribution < -0.4 is 15.4 Å². The maximum Gasteiger partial charge on any atom is 0.191 e. The summed E-state index contributed by atoms with van der Waals surface area (Å²) >= 11 is 0. The van der Waals surface area contributed by atoms with Gasteiger partial charge < -0.3 is 20.5 Å². The van der Waals surface area contributed by atoms with Gasteiger partial charge in [0, 0.05) is 32.7 Å². The van der Waals surface area contributed by atoms with Crippen LogP contribution in [0.5, 0.6) is 5.75 Å². The molecule has 0 atom stereocenters. The van der Waals surface area contributed by atoms with E-state index in [1.165, 1.54) is 22.3 Å². The van der Waals surface area contributed by atoms with Gasteiger partial charge in [-0.05, 0) is 55.9 Å². The van der Waals surface area contributed by atoms with Crippen molar-refractivity contribution in [1.82, 2.24) is 15.5 Å². The average Bonchev–Trinajstić information content (AvgIpc) is 2.80. The number of aryl methyl sites for hydroxylation is 1. The summed E-state index contributed by atoms with van der Waals surface area (Å²) in [6.07, 6.45) is 2.51. The zero-order valence-corrected chi connectivity index (χ0v) is 22.5. The van der Waals surface area contributed by atoms with Crippen molar-refractivity contribution in [2.45, 2.75) is 52.3 Å². The fourth-order valence-corrected chi connectivity index (χ4v) is 4.02. The van der Waals surface area contributed by atoms with Crippen molar-refractivity contribution in [3.05, 3.63) is 64.7 Å². The fourth-order valence-electron chi connectivity index (χ4n) is 4.02. The number of benzene rings is 2. The van der Waals surface area contributed by atoms with Crippen molar-refractivity contribution in [2.75, 3.05) is 33.3 Å². The summed E-state index contributed by atoms with van der Waals surface area (Å²) in [5, 5.41) is 16.4. The summed E-state index contributed by atoms with van der Waals surface area (Å²) in [4.78, 5) is 7.17. The largest absolute Gasteiger partial charge is 0.496 e. The first-order valence-electron chi connectivity index (χ1n) is 11.7. The Hall–Kier alpha value is -1.84. The van der Waals surface area contributed by atoms with E-state index in [1.807, 2.05) is 6.07 Å². The van der Waals surface area contributed by atoms with E-state index in [4.69, 9.17) is 9.73 Å². The quantitative estimate of drug-likeness (QED) is 0.244. The molecule has 2 aromatic carbocycles. The van der Waals surface area contributed by atoms with E-state index in [-0.39, 0.29) is 30.1 Å². The number of hydrogen-bond acceptors (Lipinski definition) is 4. The fraction of sp³-hybridized carbons (Fsp3) is 0.500. The molecule has 0 amide bonds. The highest BCUT2D eigenvalue weighted by atomic mass is 127. The molecular weight excluding hydrogens is 527 g/mol. The minimum absolute atomic E-state index is 0. The zero-order valence-electron chi connectivity index (χ0n) is 20.1. The number of halogens is 1. The Morgan fingerprint density at radius 1 is 1.09 bits per heavy atom. The third kappa shape index (κ3) is 9.14. The summed E-state index contributed by atoms with van der Waals surface area (Å²) in [7, 11) is 1.72. The summed E-state index contributed by atoms with van der Waals surface area (Å²) in [6.45, 7) is 9.32. The lowest BCUT2D eigenvalue weighted by molar-refractivity contribution is 0.0792. The number of aliphatic imine (C=N–C) groups is 1. The monoisotopic (exact) mass is 566 g/mol. The van der Waals surface area contributed by atoms with E-state index in [0.29, 0.717) is 6.54 Å². The van der Waals surface area contributed by atoms with Crippen LogP contribution in [0.2, 0.25) is 0 Å². The molecule has 0 aliphatic carbocycles. The number of aliphatic hydroxyl groups excluding tert-OH is 1. The number of ether oxygens (including phenoxy) is 1. The molecule has 0 radical (unpaired) electrons. The molecule has 1 aliphatic heterocycles. The standard InChI is InChI=1S/C26H38N4O2.HI/c1-4-27-26(28-14-11-23-17-20(2)5-10-25(23)32-3)29-18-21-6-8-22(9-7-21)19-30-15-12-24(31)13-16-30;/h5-10,17,24,31H,4,11-16,18-19H2,1-3H3,(H2,27,28,29);1H. The van der Waals surface area contributed by atoms with Crippen molar-refractivity contribution in [1.29, 1.82) is 0 Å². The van der Waals surface area contributed by atoms with Crippen LogP contribution >= 0.6 is 24.0 Å². The molecule has 182 valence electrons. The SMILES string of the molecule is CCNC(=NCc1ccc(CN2CCC(O)CC2)cc1)NCCc1cc(C)ccc1OC.I. The van der Waals surface area contributed by atoms with E-state index in [1.54, 1.807) is 7.11 Å². The Bertz CT molecular complexity index is 865. The van der Waals surface area contributed by atoms with E-state index < -0.39 is 0 Å². The normalized spacial score (nSPS) is 15.1. The Labute approximate surface area is 215 Å². The van der Waals surface area contributed by atoms with Crippen LogP contribution in [0.1, 0.15) is 42.0 Å². The highest BCUT2D eigenvalue weighted by Crippen LogP contribution is 2.19. The number of aliphatic hydroxyl groups is 1. The maximum atomic E-state index is 9.66. The van der Waals surface area contributed by atoms with Crippen LogP contribution in [0.3, 0.4) is 0 Å². The molecule has 33 heavy (non-hydrogen) atoms. The Morgan fingerprint density at radius 3 is 2.45 bits per heavy atom. The molecule has 1 aliphatic rings. The molecule has 0 spiro atoms. The van der Waals surface area contributed by atoms with Crippen LogP contribution in [0.4, 0.5) is 0 Å². The van der Waals surface area contributed by atoms with Crippen LogP contribution in [0.15, 0.2) is 47.5 Å². The van der Waals surface area contributed by atoms with E-state index >= 15 is 0 Å². The van der Waals surface area contributed by atoms with Gasteiger partial charge in [0.15, 0.2) is 5.96 Å². The number of nitrogens with zero attached hydrogens (tertiary/aromatic N) is 2. The highest BCUT2D eigenvalue weighted by Gasteiger charge is 2.16. The lowest BCUT2D eigenvalue weighted by Gasteiger charge is -2.29. The van der Waals surface area contributed by atoms with Gasteiger partial charge in [0.2, 0.25) is 0 Å². The van der Waals surface area contributed by atoms with Crippen molar-refractivity contribution in [3.63, 3.8) is 0 Å². The number of methoxy groups -OCH3 is 1. The van der Waals surface area contributed by atoms with Gasteiger partial charge in [-0.3, -0.25) is 4.90 Å². The predicted molar refractivity (Wildman–Crippen MR) is 147 cm³/mol. The summed E-state index contributed by atoms with van der Waals surface area (Å²) in [5.74, 6) is 1.76. The Morgan fingerprint density at radius 2 is 1.79 bits per heavy atom. The van der Waals surface area contributed by atoms with E-state index in [0.717, 1.165) is 63.7 Å². The molecule has 7 heteroatoms. The molecule has 1 saturated heterocycles. The molecule has 0 unspecified atom stereocenters. The van der Waals surface area contributed by atoms with Crippen LogP contribution in [-0.4, -0.2) is 55.4 Å². The second-order valence-corrected chi connectivity index (χ2v) is 8.51. The summed E-state index contributed by atoms with van der Waals surface area (Å²) in [6, 6.07) is 15.0. The van der Waals surface area contributed by atoms with Gasteiger partial charge in [-0.15, -0.1) is 24.0 Å². The Kier molecular flexibility index (Phi) is 12.0. The second kappa shape index (κ2) is 14.4. The van der Waals surface area contributed by atoms with Crippen molar-refractivity contribution in [3.8, 4) is 5.75 Å². The smallest absolute Gasteiger partial charge is 0.191 e. The molecule has 0 aromatic heterocycles. The van der Waals surface area contributed by atoms with Gasteiger partial charge in [0.05, 0.1) is 19.8 Å². The number of nitrogens with one attached hydrogen (secondary N) is 2.